The van der Waals surface area contributed by atoms with Crippen LogP contribution in [0.25, 0.3) is 11.0 Å². The summed E-state index contributed by atoms with van der Waals surface area (Å²) in [4.78, 5) is 29.0. The standard InChI is InChI=1S/C28H25NO5/c1-16-5-8-18(9-6-16)15-29-25(19-10-12-22(32-3)23(14-19)33-4)24-26(30)20-13-17(2)7-11-21(20)34-27(24)28(29)31/h5-14,25H,15H2,1-4H3. The van der Waals surface area contributed by atoms with Gasteiger partial charge in [0.25, 0.3) is 5.91 Å². The van der Waals surface area contributed by atoms with Crippen molar-refractivity contribution >= 4 is 16.9 Å². The summed E-state index contributed by atoms with van der Waals surface area (Å²) in [5, 5.41) is 0.467. The van der Waals surface area contributed by atoms with E-state index in [1.54, 1.807) is 37.3 Å². The van der Waals surface area contributed by atoms with E-state index in [0.717, 1.165) is 22.3 Å². The van der Waals surface area contributed by atoms with Crippen LogP contribution in [0.15, 0.2) is 69.9 Å². The van der Waals surface area contributed by atoms with Gasteiger partial charge in [0, 0.05) is 6.54 Å². The van der Waals surface area contributed by atoms with Gasteiger partial charge in [-0.25, -0.2) is 0 Å². The number of hydrogen-bond acceptors (Lipinski definition) is 5. The quantitative estimate of drug-likeness (QED) is 0.415. The van der Waals surface area contributed by atoms with Gasteiger partial charge >= 0.3 is 0 Å². The fourth-order valence-electron chi connectivity index (χ4n) is 4.56. The molecule has 6 nitrogen and oxygen atoms in total. The maximum absolute atomic E-state index is 13.7. The molecule has 0 spiro atoms. The fraction of sp³-hybridized carbons (Fsp3) is 0.214. The van der Waals surface area contributed by atoms with Gasteiger partial charge in [0.15, 0.2) is 16.9 Å². The highest BCUT2D eigenvalue weighted by Crippen LogP contribution is 2.41. The molecule has 0 bridgehead atoms. The first-order valence-corrected chi connectivity index (χ1v) is 11.1. The molecule has 1 amide bonds. The molecule has 1 aliphatic rings. The van der Waals surface area contributed by atoms with Crippen molar-refractivity contribution in [2.24, 2.45) is 0 Å². The van der Waals surface area contributed by atoms with Gasteiger partial charge in [-0.3, -0.25) is 9.59 Å². The second kappa shape index (κ2) is 8.37. The second-order valence-electron chi connectivity index (χ2n) is 8.61. The Morgan fingerprint density at radius 2 is 1.56 bits per heavy atom. The van der Waals surface area contributed by atoms with Gasteiger partial charge in [0.2, 0.25) is 5.76 Å². The first kappa shape index (κ1) is 21.8. The van der Waals surface area contributed by atoms with Crippen molar-refractivity contribution in [2.45, 2.75) is 26.4 Å². The molecule has 1 unspecified atom stereocenters. The second-order valence-corrected chi connectivity index (χ2v) is 8.61. The molecular weight excluding hydrogens is 430 g/mol. The van der Waals surface area contributed by atoms with Gasteiger partial charge in [-0.05, 0) is 49.2 Å². The van der Waals surface area contributed by atoms with Crippen molar-refractivity contribution < 1.29 is 18.7 Å². The molecule has 2 heterocycles. The number of methoxy groups -OCH3 is 2. The predicted molar refractivity (Wildman–Crippen MR) is 130 cm³/mol. The molecule has 0 aliphatic carbocycles. The Hall–Kier alpha value is -4.06. The molecule has 34 heavy (non-hydrogen) atoms. The van der Waals surface area contributed by atoms with Crippen LogP contribution in [0.2, 0.25) is 0 Å². The van der Waals surface area contributed by atoms with Gasteiger partial charge in [-0.1, -0.05) is 47.5 Å². The molecule has 4 aromatic rings. The minimum atomic E-state index is -0.621. The molecule has 3 aromatic carbocycles. The minimum Gasteiger partial charge on any atom is -0.493 e. The number of nitrogens with zero attached hydrogens (tertiary/aromatic N) is 1. The number of fused-ring (bicyclic) bond motifs is 2. The summed E-state index contributed by atoms with van der Waals surface area (Å²) in [6.07, 6.45) is 0. The Morgan fingerprint density at radius 1 is 0.853 bits per heavy atom. The summed E-state index contributed by atoms with van der Waals surface area (Å²) in [6, 6.07) is 18.3. The van der Waals surface area contributed by atoms with Crippen molar-refractivity contribution in [3.63, 3.8) is 0 Å². The van der Waals surface area contributed by atoms with E-state index >= 15 is 0 Å². The molecule has 0 radical (unpaired) electrons. The molecule has 6 heteroatoms. The number of carbonyl (C=O) groups excluding carboxylic acids is 1. The van der Waals surface area contributed by atoms with Crippen molar-refractivity contribution in [3.05, 3.63) is 104 Å². The highest BCUT2D eigenvalue weighted by atomic mass is 16.5. The topological polar surface area (TPSA) is 69.0 Å². The van der Waals surface area contributed by atoms with E-state index in [4.69, 9.17) is 13.9 Å². The lowest BCUT2D eigenvalue weighted by Crippen LogP contribution is -2.29. The maximum Gasteiger partial charge on any atom is 0.291 e. The third kappa shape index (κ3) is 3.52. The lowest BCUT2D eigenvalue weighted by Gasteiger charge is -2.26. The molecule has 1 aliphatic heterocycles. The van der Waals surface area contributed by atoms with Crippen LogP contribution in [0.3, 0.4) is 0 Å². The van der Waals surface area contributed by atoms with Crippen LogP contribution in [0, 0.1) is 13.8 Å². The SMILES string of the molecule is COc1ccc(C2c3c(oc4ccc(C)cc4c3=O)C(=O)N2Cc2ccc(C)cc2)cc1OC. The van der Waals surface area contributed by atoms with Gasteiger partial charge in [0.05, 0.1) is 31.2 Å². The van der Waals surface area contributed by atoms with E-state index in [1.807, 2.05) is 56.3 Å². The summed E-state index contributed by atoms with van der Waals surface area (Å²) in [6.45, 7) is 4.27. The normalized spacial score (nSPS) is 15.0. The van der Waals surface area contributed by atoms with Crippen molar-refractivity contribution in [2.75, 3.05) is 14.2 Å². The summed E-state index contributed by atoms with van der Waals surface area (Å²) in [5.41, 5.74) is 4.35. The zero-order valence-corrected chi connectivity index (χ0v) is 19.5. The Balaban J connectivity index is 1.73. The summed E-state index contributed by atoms with van der Waals surface area (Å²) in [7, 11) is 3.13. The molecule has 1 atom stereocenters. The van der Waals surface area contributed by atoms with Crippen LogP contribution in [0.1, 0.15) is 44.4 Å². The number of benzene rings is 3. The number of amides is 1. The molecule has 5 rings (SSSR count). The van der Waals surface area contributed by atoms with Crippen LogP contribution >= 0.6 is 0 Å². The summed E-state index contributed by atoms with van der Waals surface area (Å²) < 4.78 is 16.9. The Labute approximate surface area is 197 Å². The maximum atomic E-state index is 13.7. The van der Waals surface area contributed by atoms with E-state index in [0.29, 0.717) is 34.6 Å². The summed E-state index contributed by atoms with van der Waals surface area (Å²) in [5.74, 6) is 0.877. The van der Waals surface area contributed by atoms with E-state index in [-0.39, 0.29) is 17.1 Å². The van der Waals surface area contributed by atoms with Crippen molar-refractivity contribution in [3.8, 4) is 11.5 Å². The van der Waals surface area contributed by atoms with Crippen LogP contribution in [-0.4, -0.2) is 25.0 Å². The van der Waals surface area contributed by atoms with E-state index < -0.39 is 6.04 Å². The predicted octanol–water partition coefficient (Wildman–Crippen LogP) is 5.17. The average Bonchev–Trinajstić information content (AvgIpc) is 3.12. The van der Waals surface area contributed by atoms with Gasteiger partial charge in [-0.2, -0.15) is 0 Å². The minimum absolute atomic E-state index is 0.0910. The van der Waals surface area contributed by atoms with Crippen LogP contribution in [0.4, 0.5) is 0 Å². The van der Waals surface area contributed by atoms with Crippen molar-refractivity contribution in [1.29, 1.82) is 0 Å². The third-order valence-corrected chi connectivity index (χ3v) is 6.32. The van der Waals surface area contributed by atoms with Gasteiger partial charge < -0.3 is 18.8 Å². The molecule has 172 valence electrons. The van der Waals surface area contributed by atoms with Gasteiger partial charge in [0.1, 0.15) is 5.58 Å². The Morgan fingerprint density at radius 3 is 2.26 bits per heavy atom. The Bertz CT molecular complexity index is 1470. The molecule has 0 saturated heterocycles. The van der Waals surface area contributed by atoms with E-state index in [9.17, 15) is 9.59 Å². The number of hydrogen-bond donors (Lipinski definition) is 0. The first-order chi connectivity index (χ1) is 16.4. The third-order valence-electron chi connectivity index (χ3n) is 6.32. The zero-order chi connectivity index (χ0) is 24.0. The monoisotopic (exact) mass is 455 g/mol. The zero-order valence-electron chi connectivity index (χ0n) is 19.5. The number of carbonyl (C=O) groups is 1. The molecule has 1 aromatic heterocycles. The number of ether oxygens (including phenoxy) is 2. The number of rotatable bonds is 5. The van der Waals surface area contributed by atoms with Crippen LogP contribution in [-0.2, 0) is 6.54 Å². The average molecular weight is 456 g/mol. The molecule has 0 N–H and O–H groups in total. The van der Waals surface area contributed by atoms with Crippen molar-refractivity contribution in [1.82, 2.24) is 4.90 Å². The first-order valence-electron chi connectivity index (χ1n) is 11.1. The van der Waals surface area contributed by atoms with Gasteiger partial charge in [-0.15, -0.1) is 0 Å². The lowest BCUT2D eigenvalue weighted by atomic mass is 9.97. The largest absolute Gasteiger partial charge is 0.493 e. The number of aryl methyl sites for hydroxylation is 2. The van der Waals surface area contributed by atoms with Crippen LogP contribution in [0.5, 0.6) is 11.5 Å². The molecular formula is C28H25NO5. The lowest BCUT2D eigenvalue weighted by molar-refractivity contribution is 0.0714. The Kier molecular flexibility index (Phi) is 5.36. The molecule has 0 fully saturated rings. The smallest absolute Gasteiger partial charge is 0.291 e. The van der Waals surface area contributed by atoms with E-state index in [2.05, 4.69) is 0 Å². The highest BCUT2D eigenvalue weighted by Gasteiger charge is 2.43. The highest BCUT2D eigenvalue weighted by molar-refractivity contribution is 5.99. The van der Waals surface area contributed by atoms with Crippen LogP contribution < -0.4 is 14.9 Å². The van der Waals surface area contributed by atoms with E-state index in [1.165, 1.54) is 0 Å². The molecule has 0 saturated carbocycles. The fourth-order valence-corrected chi connectivity index (χ4v) is 4.56. The summed E-state index contributed by atoms with van der Waals surface area (Å²) >= 11 is 0.